The molecule has 2 bridgehead atoms. The smallest absolute Gasteiger partial charge is 0.335 e. The molecule has 2 atom stereocenters. The fourth-order valence-corrected chi connectivity index (χ4v) is 7.00. The van der Waals surface area contributed by atoms with Gasteiger partial charge in [-0.1, -0.05) is 36.4 Å². The number of benzene rings is 3. The fourth-order valence-electron chi connectivity index (χ4n) is 7.00. The molecule has 4 heterocycles. The Hall–Kier alpha value is -5.04. The van der Waals surface area contributed by atoms with Crippen LogP contribution in [-0.4, -0.2) is 116 Å². The Morgan fingerprint density at radius 3 is 2.33 bits per heavy atom. The zero-order valence-corrected chi connectivity index (χ0v) is 27.1. The van der Waals surface area contributed by atoms with Gasteiger partial charge in [0.25, 0.3) is 5.91 Å². The number of nitrogens with one attached hydrogen (secondary N) is 2. The molecular weight excluding hydrogens is 610 g/mol. The van der Waals surface area contributed by atoms with Crippen LogP contribution in [0.15, 0.2) is 72.8 Å². The lowest BCUT2D eigenvalue weighted by molar-refractivity contribution is -0.119. The van der Waals surface area contributed by atoms with Gasteiger partial charge in [-0.05, 0) is 55.4 Å². The number of urea groups is 1. The van der Waals surface area contributed by atoms with E-state index in [4.69, 9.17) is 0 Å². The number of rotatable bonds is 7. The van der Waals surface area contributed by atoms with Crippen LogP contribution >= 0.6 is 0 Å². The number of amides is 4. The highest BCUT2D eigenvalue weighted by atomic mass is 16.4. The first kappa shape index (κ1) is 31.6. The summed E-state index contributed by atoms with van der Waals surface area (Å²) in [6.45, 7) is 5.09. The van der Waals surface area contributed by atoms with E-state index in [0.717, 1.165) is 48.8 Å². The summed E-state index contributed by atoms with van der Waals surface area (Å²) >= 11 is 0. The van der Waals surface area contributed by atoms with E-state index in [1.807, 2.05) is 54.6 Å². The van der Waals surface area contributed by atoms with Crippen LogP contribution < -0.4 is 20.4 Å². The molecule has 3 aromatic carbocycles. The topological polar surface area (TPSA) is 129 Å². The maximum atomic E-state index is 14.4. The van der Waals surface area contributed by atoms with Crippen molar-refractivity contribution in [2.45, 2.75) is 18.5 Å². The molecule has 0 spiro atoms. The van der Waals surface area contributed by atoms with Gasteiger partial charge >= 0.3 is 12.0 Å². The monoisotopic (exact) mass is 649 g/mol. The molecule has 3 saturated heterocycles. The number of hydrogen-bond donors (Lipinski definition) is 3. The second kappa shape index (κ2) is 12.9. The number of nitrogens with zero attached hydrogens (tertiary/aromatic N) is 5. The molecule has 48 heavy (non-hydrogen) atoms. The van der Waals surface area contributed by atoms with Crippen LogP contribution in [0, 0.1) is 0 Å². The van der Waals surface area contributed by atoms with E-state index in [2.05, 4.69) is 27.5 Å². The number of piperazine rings is 2. The maximum Gasteiger partial charge on any atom is 0.335 e. The second-order valence-corrected chi connectivity index (χ2v) is 12.9. The van der Waals surface area contributed by atoms with Crippen LogP contribution in [0.25, 0.3) is 11.3 Å². The maximum absolute atomic E-state index is 14.4. The van der Waals surface area contributed by atoms with Gasteiger partial charge < -0.3 is 30.4 Å². The quantitative estimate of drug-likeness (QED) is 0.331. The van der Waals surface area contributed by atoms with E-state index in [9.17, 15) is 24.3 Å². The zero-order valence-electron chi connectivity index (χ0n) is 27.1. The Balaban J connectivity index is 1.21. The average molecular weight is 650 g/mol. The summed E-state index contributed by atoms with van der Waals surface area (Å²) in [5.74, 6) is -1.66. The van der Waals surface area contributed by atoms with E-state index < -0.39 is 17.9 Å². The van der Waals surface area contributed by atoms with Gasteiger partial charge in [0.1, 0.15) is 0 Å². The number of carboxylic acid groups (broad SMARTS) is 1. The lowest BCUT2D eigenvalue weighted by Crippen LogP contribution is -2.52. The van der Waals surface area contributed by atoms with Crippen molar-refractivity contribution in [1.82, 2.24) is 20.0 Å². The number of carbonyl (C=O) groups is 4. The molecule has 4 aliphatic heterocycles. The molecular formula is C36H39N7O5. The third-order valence-electron chi connectivity index (χ3n) is 9.83. The van der Waals surface area contributed by atoms with Crippen LogP contribution in [0.5, 0.6) is 0 Å². The molecule has 248 valence electrons. The summed E-state index contributed by atoms with van der Waals surface area (Å²) in [6, 6.07) is 21.0. The molecule has 0 radical (unpaired) electrons. The number of likely N-dealkylation sites (tertiary alicyclic amines) is 1. The predicted molar refractivity (Wildman–Crippen MR) is 184 cm³/mol. The average Bonchev–Trinajstić information content (AvgIpc) is 3.81. The van der Waals surface area contributed by atoms with Crippen molar-refractivity contribution >= 4 is 52.1 Å². The Labute approximate surface area is 279 Å². The number of imide groups is 1. The minimum Gasteiger partial charge on any atom is -0.478 e. The number of fused-ring (bicyclic) bond motifs is 3. The predicted octanol–water partition coefficient (Wildman–Crippen LogP) is 3.09. The van der Waals surface area contributed by atoms with Crippen molar-refractivity contribution < 1.29 is 24.3 Å². The Kier molecular flexibility index (Phi) is 8.46. The zero-order chi connectivity index (χ0) is 33.5. The van der Waals surface area contributed by atoms with Crippen molar-refractivity contribution in [2.24, 2.45) is 0 Å². The van der Waals surface area contributed by atoms with Crippen molar-refractivity contribution in [1.29, 1.82) is 0 Å². The van der Waals surface area contributed by atoms with Crippen molar-refractivity contribution in [3.05, 3.63) is 89.5 Å². The number of anilines is 3. The summed E-state index contributed by atoms with van der Waals surface area (Å²) in [5.41, 5.74) is 3.60. The van der Waals surface area contributed by atoms with Gasteiger partial charge in [0.05, 0.1) is 29.1 Å². The van der Waals surface area contributed by atoms with Crippen LogP contribution in [0.3, 0.4) is 0 Å². The van der Waals surface area contributed by atoms with Crippen molar-refractivity contribution in [3.63, 3.8) is 0 Å². The summed E-state index contributed by atoms with van der Waals surface area (Å²) < 4.78 is 0. The Bertz CT molecular complexity index is 1790. The minimum absolute atomic E-state index is 0.00741. The van der Waals surface area contributed by atoms with Gasteiger partial charge in [-0.15, -0.1) is 0 Å². The summed E-state index contributed by atoms with van der Waals surface area (Å²) in [6.07, 6.45) is 0.821. The lowest BCUT2D eigenvalue weighted by Gasteiger charge is -2.32. The van der Waals surface area contributed by atoms with Gasteiger partial charge in [0.15, 0.2) is 0 Å². The molecule has 0 aromatic heterocycles. The normalized spacial score (nSPS) is 21.8. The number of carbonyl (C=O) groups excluding carboxylic acids is 3. The van der Waals surface area contributed by atoms with Gasteiger partial charge in [-0.3, -0.25) is 14.5 Å². The van der Waals surface area contributed by atoms with Gasteiger partial charge in [-0.2, -0.15) is 0 Å². The van der Waals surface area contributed by atoms with E-state index in [0.29, 0.717) is 36.6 Å². The van der Waals surface area contributed by atoms with Gasteiger partial charge in [0, 0.05) is 75.3 Å². The van der Waals surface area contributed by atoms with Crippen LogP contribution in [0.2, 0.25) is 0 Å². The number of hydrogen-bond acceptors (Lipinski definition) is 8. The Morgan fingerprint density at radius 2 is 1.69 bits per heavy atom. The van der Waals surface area contributed by atoms with Gasteiger partial charge in [-0.25, -0.2) is 14.5 Å². The third kappa shape index (κ3) is 5.94. The highest BCUT2D eigenvalue weighted by Gasteiger charge is 2.47. The SMILES string of the molecule is CN1CCN(CC(=O)N(C)c2ccc(NC(=C3C(=O)N(C(=O)N4C[C@@H]5C[C@H]4CN5)c4cc(C(=O)O)ccc43)c3ccccc3)cc2)CC1. The molecule has 12 heteroatoms. The van der Waals surface area contributed by atoms with E-state index in [1.54, 1.807) is 22.9 Å². The fraction of sp³-hybridized carbons (Fsp3) is 0.333. The number of carboxylic acids is 1. The first-order chi connectivity index (χ1) is 23.2. The molecule has 12 nitrogen and oxygen atoms in total. The molecule has 3 N–H and O–H groups in total. The first-order valence-corrected chi connectivity index (χ1v) is 16.3. The lowest BCUT2D eigenvalue weighted by atomic mass is 9.99. The molecule has 3 fully saturated rings. The molecule has 0 saturated carbocycles. The molecule has 7 rings (SSSR count). The van der Waals surface area contributed by atoms with Crippen molar-refractivity contribution in [3.8, 4) is 0 Å². The summed E-state index contributed by atoms with van der Waals surface area (Å²) in [7, 11) is 3.85. The van der Waals surface area contributed by atoms with Crippen LogP contribution in [0.4, 0.5) is 21.9 Å². The second-order valence-electron chi connectivity index (χ2n) is 12.9. The summed E-state index contributed by atoms with van der Waals surface area (Å²) in [5, 5.41) is 16.6. The highest BCUT2D eigenvalue weighted by Crippen LogP contribution is 2.43. The molecule has 0 aliphatic carbocycles. The largest absolute Gasteiger partial charge is 0.478 e. The minimum atomic E-state index is -1.15. The van der Waals surface area contributed by atoms with Gasteiger partial charge in [0.2, 0.25) is 5.91 Å². The molecule has 4 amide bonds. The van der Waals surface area contributed by atoms with E-state index in [1.165, 1.54) is 12.1 Å². The molecule has 0 unspecified atom stereocenters. The standard InChI is InChI=1S/C36H39N7O5/c1-39-14-16-41(17-15-39)22-31(44)40(2)27-11-9-25(10-12-27)38-33(23-6-4-3-5-7-23)32-29-13-8-24(35(46)47)18-30(29)43(34(32)45)36(48)42-21-26-19-28(42)20-37-26/h3-13,18,26,28,37-38H,14-17,19-22H2,1-2H3,(H,46,47)/t26-,28-/m0/s1. The highest BCUT2D eigenvalue weighted by molar-refractivity contribution is 6.44. The van der Waals surface area contributed by atoms with Crippen LogP contribution in [0.1, 0.15) is 27.9 Å². The van der Waals surface area contributed by atoms with E-state index in [-0.39, 0.29) is 34.8 Å². The number of aromatic carboxylic acids is 1. The molecule has 3 aromatic rings. The van der Waals surface area contributed by atoms with Crippen LogP contribution in [-0.2, 0) is 9.59 Å². The third-order valence-corrected chi connectivity index (χ3v) is 9.83. The van der Waals surface area contributed by atoms with E-state index >= 15 is 0 Å². The number of likely N-dealkylation sites (N-methyl/N-ethyl adjacent to an activating group) is 2. The molecule has 4 aliphatic rings. The summed E-state index contributed by atoms with van der Waals surface area (Å²) in [4.78, 5) is 62.4. The van der Waals surface area contributed by atoms with Crippen molar-refractivity contribution in [2.75, 3.05) is 75.0 Å². The Morgan fingerprint density at radius 1 is 0.958 bits per heavy atom. The first-order valence-electron chi connectivity index (χ1n) is 16.3.